The van der Waals surface area contributed by atoms with Crippen molar-refractivity contribution in [3.8, 4) is 5.75 Å². The quantitative estimate of drug-likeness (QED) is 0.302. The summed E-state index contributed by atoms with van der Waals surface area (Å²) in [4.78, 5) is 30.0. The first-order valence-corrected chi connectivity index (χ1v) is 15.5. The van der Waals surface area contributed by atoms with Crippen molar-refractivity contribution in [3.63, 3.8) is 0 Å². The van der Waals surface area contributed by atoms with Gasteiger partial charge in [-0.05, 0) is 75.9 Å². The molecular weight excluding hydrogens is 556 g/mol. The molecule has 5 rings (SSSR count). The number of hydrogen-bond donors (Lipinski definition) is 1. The Hall–Kier alpha value is -3.88. The van der Waals surface area contributed by atoms with Gasteiger partial charge in [0.1, 0.15) is 11.4 Å². The second kappa shape index (κ2) is 13.8. The van der Waals surface area contributed by atoms with E-state index in [-0.39, 0.29) is 24.5 Å². The lowest BCUT2D eigenvalue weighted by atomic mass is 9.86. The zero-order chi connectivity index (χ0) is 31.2. The van der Waals surface area contributed by atoms with E-state index in [1.165, 1.54) is 5.56 Å². The summed E-state index contributed by atoms with van der Waals surface area (Å²) >= 11 is 0. The molecule has 1 unspecified atom stereocenters. The minimum Gasteiger partial charge on any atom is -0.493 e. The highest BCUT2D eigenvalue weighted by Crippen LogP contribution is 2.34. The van der Waals surface area contributed by atoms with Gasteiger partial charge in [-0.3, -0.25) is 4.90 Å². The summed E-state index contributed by atoms with van der Waals surface area (Å²) < 4.78 is 17.3. The average Bonchev–Trinajstić information content (AvgIpc) is 2.99. The van der Waals surface area contributed by atoms with Crippen molar-refractivity contribution < 1.29 is 28.9 Å². The highest BCUT2D eigenvalue weighted by Gasteiger charge is 2.42. The van der Waals surface area contributed by atoms with Crippen LogP contribution >= 0.6 is 0 Å². The van der Waals surface area contributed by atoms with E-state index >= 15 is 0 Å². The van der Waals surface area contributed by atoms with Gasteiger partial charge in [0.2, 0.25) is 5.60 Å². The number of piperidine rings is 1. The summed E-state index contributed by atoms with van der Waals surface area (Å²) in [5.41, 5.74) is -0.402. The Balaban J connectivity index is 1.18. The van der Waals surface area contributed by atoms with Crippen molar-refractivity contribution >= 4 is 12.1 Å². The molecule has 0 spiro atoms. The second-order valence-electron chi connectivity index (χ2n) is 13.0. The van der Waals surface area contributed by atoms with Crippen LogP contribution in [0.2, 0.25) is 0 Å². The van der Waals surface area contributed by atoms with Gasteiger partial charge in [-0.25, -0.2) is 9.59 Å². The first-order valence-electron chi connectivity index (χ1n) is 15.5. The van der Waals surface area contributed by atoms with E-state index in [1.54, 1.807) is 53.4 Å². The normalized spacial score (nSPS) is 17.8. The number of esters is 1. The van der Waals surface area contributed by atoms with Crippen LogP contribution in [0.5, 0.6) is 5.75 Å². The number of rotatable bonds is 10. The second-order valence-corrected chi connectivity index (χ2v) is 13.0. The molecule has 2 heterocycles. The van der Waals surface area contributed by atoms with Gasteiger partial charge in [0.05, 0.1) is 13.2 Å². The number of carbonyl (C=O) groups is 2. The predicted octanol–water partition coefficient (Wildman–Crippen LogP) is 5.62. The summed E-state index contributed by atoms with van der Waals surface area (Å²) in [5.74, 6) is 0.248. The van der Waals surface area contributed by atoms with Crippen LogP contribution in [0, 0.1) is 11.8 Å². The molecule has 3 aromatic carbocycles. The Labute approximate surface area is 260 Å². The maximum Gasteiger partial charge on any atom is 0.410 e. The fourth-order valence-corrected chi connectivity index (χ4v) is 5.71. The summed E-state index contributed by atoms with van der Waals surface area (Å²) in [7, 11) is 0. The smallest absolute Gasteiger partial charge is 0.410 e. The van der Waals surface area contributed by atoms with Crippen molar-refractivity contribution in [2.75, 3.05) is 39.4 Å². The molecule has 0 radical (unpaired) electrons. The van der Waals surface area contributed by atoms with E-state index in [1.807, 2.05) is 32.9 Å². The number of ether oxygens (including phenoxy) is 3. The number of aliphatic hydroxyl groups is 1. The standard InChI is InChI=1S/C36H44N2O6/c1-35(2,3)44-34(40)38-23-29(24-38)26-42-32-16-10-15-31(21-32)36(41,30-13-8-5-9-14-30)33(39)43-25-28-17-19-37(20-18-28)22-27-11-6-4-7-12-27/h4-16,21,28-29,41H,17-20,22-26H2,1-3H3. The minimum atomic E-state index is -1.99. The third-order valence-corrected chi connectivity index (χ3v) is 8.24. The molecule has 2 fully saturated rings. The molecule has 234 valence electrons. The molecule has 1 amide bonds. The van der Waals surface area contributed by atoms with Crippen LogP contribution in [0.25, 0.3) is 0 Å². The predicted molar refractivity (Wildman–Crippen MR) is 168 cm³/mol. The molecule has 44 heavy (non-hydrogen) atoms. The van der Waals surface area contributed by atoms with E-state index in [0.717, 1.165) is 32.5 Å². The Morgan fingerprint density at radius 2 is 1.45 bits per heavy atom. The van der Waals surface area contributed by atoms with Gasteiger partial charge in [0, 0.05) is 31.1 Å². The lowest BCUT2D eigenvalue weighted by Crippen LogP contribution is -2.53. The fraction of sp³-hybridized carbons (Fsp3) is 0.444. The number of carbonyl (C=O) groups excluding carboxylic acids is 2. The largest absolute Gasteiger partial charge is 0.493 e. The van der Waals surface area contributed by atoms with E-state index in [9.17, 15) is 14.7 Å². The molecule has 2 saturated heterocycles. The van der Waals surface area contributed by atoms with E-state index in [0.29, 0.717) is 36.6 Å². The molecule has 0 bridgehead atoms. The maximum absolute atomic E-state index is 13.7. The lowest BCUT2D eigenvalue weighted by molar-refractivity contribution is -0.164. The van der Waals surface area contributed by atoms with Crippen LogP contribution in [0.1, 0.15) is 50.3 Å². The van der Waals surface area contributed by atoms with Crippen molar-refractivity contribution in [3.05, 3.63) is 102 Å². The van der Waals surface area contributed by atoms with E-state index in [4.69, 9.17) is 14.2 Å². The van der Waals surface area contributed by atoms with Gasteiger partial charge in [-0.2, -0.15) is 0 Å². The topological polar surface area (TPSA) is 88.5 Å². The molecule has 8 heteroatoms. The highest BCUT2D eigenvalue weighted by atomic mass is 16.6. The third kappa shape index (κ3) is 7.98. The maximum atomic E-state index is 13.7. The van der Waals surface area contributed by atoms with Crippen LogP contribution in [0.4, 0.5) is 4.79 Å². The van der Waals surface area contributed by atoms with Gasteiger partial charge in [-0.1, -0.05) is 72.8 Å². The monoisotopic (exact) mass is 600 g/mol. The SMILES string of the molecule is CC(C)(C)OC(=O)N1CC(COc2cccc(C(O)(C(=O)OCC3CCN(Cc4ccccc4)CC3)c3ccccc3)c2)C1. The van der Waals surface area contributed by atoms with Crippen molar-refractivity contribution in [1.29, 1.82) is 0 Å². The molecular formula is C36H44N2O6. The number of nitrogens with zero attached hydrogens (tertiary/aromatic N) is 2. The number of amides is 1. The Kier molecular flexibility index (Phi) is 9.91. The third-order valence-electron chi connectivity index (χ3n) is 8.24. The first kappa shape index (κ1) is 31.5. The Bertz CT molecular complexity index is 1380. The van der Waals surface area contributed by atoms with Gasteiger partial charge >= 0.3 is 12.1 Å². The van der Waals surface area contributed by atoms with E-state index in [2.05, 4.69) is 29.2 Å². The number of benzene rings is 3. The molecule has 0 aliphatic carbocycles. The number of likely N-dealkylation sites (tertiary alicyclic amines) is 2. The van der Waals surface area contributed by atoms with Crippen molar-refractivity contribution in [2.45, 2.75) is 51.4 Å². The van der Waals surface area contributed by atoms with E-state index < -0.39 is 17.2 Å². The summed E-state index contributed by atoms with van der Waals surface area (Å²) in [6.07, 6.45) is 1.54. The van der Waals surface area contributed by atoms with Crippen LogP contribution in [-0.4, -0.2) is 72.0 Å². The van der Waals surface area contributed by atoms with Crippen LogP contribution in [-0.2, 0) is 26.4 Å². The molecule has 0 aromatic heterocycles. The first-order chi connectivity index (χ1) is 21.1. The minimum absolute atomic E-state index is 0.170. The van der Waals surface area contributed by atoms with Gasteiger partial charge in [0.15, 0.2) is 0 Å². The molecule has 3 aromatic rings. The fourth-order valence-electron chi connectivity index (χ4n) is 5.71. The van der Waals surface area contributed by atoms with Crippen molar-refractivity contribution in [2.24, 2.45) is 11.8 Å². The highest BCUT2D eigenvalue weighted by molar-refractivity contribution is 5.85. The van der Waals surface area contributed by atoms with Gasteiger partial charge in [0.25, 0.3) is 0 Å². The molecule has 2 aliphatic rings. The number of hydrogen-bond acceptors (Lipinski definition) is 7. The zero-order valence-corrected chi connectivity index (χ0v) is 26.0. The summed E-state index contributed by atoms with van der Waals surface area (Å²) in [6, 6.07) is 26.3. The molecule has 1 N–H and O–H groups in total. The molecule has 0 saturated carbocycles. The van der Waals surface area contributed by atoms with Crippen LogP contribution in [0.3, 0.4) is 0 Å². The molecule has 1 atom stereocenters. The van der Waals surface area contributed by atoms with Gasteiger partial charge in [-0.15, -0.1) is 0 Å². The Morgan fingerprint density at radius 1 is 0.818 bits per heavy atom. The van der Waals surface area contributed by atoms with Gasteiger partial charge < -0.3 is 24.2 Å². The molecule has 2 aliphatic heterocycles. The Morgan fingerprint density at radius 3 is 2.11 bits per heavy atom. The summed E-state index contributed by atoms with van der Waals surface area (Å²) in [6.45, 7) is 10.1. The average molecular weight is 601 g/mol. The lowest BCUT2D eigenvalue weighted by Gasteiger charge is -2.39. The van der Waals surface area contributed by atoms with Crippen LogP contribution in [0.15, 0.2) is 84.9 Å². The van der Waals surface area contributed by atoms with Crippen LogP contribution < -0.4 is 4.74 Å². The zero-order valence-electron chi connectivity index (χ0n) is 26.0. The summed E-state index contributed by atoms with van der Waals surface area (Å²) in [5, 5.41) is 12.0. The van der Waals surface area contributed by atoms with Crippen molar-refractivity contribution in [1.82, 2.24) is 9.80 Å². The molecule has 8 nitrogen and oxygen atoms in total.